The largest absolute Gasteiger partial charge is 0.299 e. The summed E-state index contributed by atoms with van der Waals surface area (Å²) in [6.07, 6.45) is 4.12. The first-order valence-corrected chi connectivity index (χ1v) is 9.46. The van der Waals surface area contributed by atoms with Crippen molar-refractivity contribution >= 4 is 21.4 Å². The molecule has 0 aromatic heterocycles. The van der Waals surface area contributed by atoms with Crippen molar-refractivity contribution in [3.05, 3.63) is 30.3 Å². The number of Topliss-reactive ketones (excluding diaryl/α,β-unsaturated/α-hetero) is 2. The van der Waals surface area contributed by atoms with Crippen LogP contribution in [0.25, 0.3) is 0 Å². The van der Waals surface area contributed by atoms with E-state index in [-0.39, 0.29) is 28.6 Å². The molecule has 1 spiro atoms. The zero-order valence-corrected chi connectivity index (χ0v) is 13.3. The molecule has 1 unspecified atom stereocenters. The van der Waals surface area contributed by atoms with Gasteiger partial charge in [0, 0.05) is 12.3 Å². The molecular formula is C17H20O4S. The summed E-state index contributed by atoms with van der Waals surface area (Å²) >= 11 is 0. The minimum Gasteiger partial charge on any atom is -0.299 e. The molecule has 0 amide bonds. The van der Waals surface area contributed by atoms with Crippen molar-refractivity contribution in [2.45, 2.75) is 43.4 Å². The zero-order chi connectivity index (χ0) is 15.8. The Hall–Kier alpha value is -1.49. The summed E-state index contributed by atoms with van der Waals surface area (Å²) in [5.74, 6) is -1.08. The highest BCUT2D eigenvalue weighted by atomic mass is 32.2. The molecule has 1 aromatic rings. The Morgan fingerprint density at radius 2 is 1.64 bits per heavy atom. The van der Waals surface area contributed by atoms with Crippen LogP contribution in [0, 0.1) is 11.3 Å². The molecule has 0 saturated heterocycles. The quantitative estimate of drug-likeness (QED) is 0.803. The monoisotopic (exact) mass is 320 g/mol. The highest BCUT2D eigenvalue weighted by Gasteiger charge is 2.54. The van der Waals surface area contributed by atoms with Gasteiger partial charge in [-0.15, -0.1) is 0 Å². The summed E-state index contributed by atoms with van der Waals surface area (Å²) in [7, 11) is -3.53. The number of benzene rings is 1. The van der Waals surface area contributed by atoms with E-state index in [0.29, 0.717) is 12.8 Å². The van der Waals surface area contributed by atoms with Crippen molar-refractivity contribution in [1.29, 1.82) is 0 Å². The third kappa shape index (κ3) is 2.51. The van der Waals surface area contributed by atoms with Crippen LogP contribution in [0.4, 0.5) is 0 Å². The molecule has 2 aliphatic rings. The van der Waals surface area contributed by atoms with Gasteiger partial charge in [0.25, 0.3) is 0 Å². The summed E-state index contributed by atoms with van der Waals surface area (Å²) in [5, 5.41) is 0. The van der Waals surface area contributed by atoms with Crippen molar-refractivity contribution in [3.63, 3.8) is 0 Å². The Labute approximate surface area is 130 Å². The average molecular weight is 320 g/mol. The maximum atomic E-state index is 12.7. The average Bonchev–Trinajstić information content (AvgIpc) is 2.74. The van der Waals surface area contributed by atoms with E-state index < -0.39 is 21.2 Å². The van der Waals surface area contributed by atoms with Gasteiger partial charge >= 0.3 is 0 Å². The Morgan fingerprint density at radius 1 is 1.00 bits per heavy atom. The molecule has 2 saturated carbocycles. The van der Waals surface area contributed by atoms with Gasteiger partial charge in [-0.05, 0) is 25.0 Å². The van der Waals surface area contributed by atoms with Gasteiger partial charge < -0.3 is 0 Å². The number of hydrogen-bond donors (Lipinski definition) is 0. The second kappa shape index (κ2) is 5.61. The molecule has 118 valence electrons. The van der Waals surface area contributed by atoms with E-state index >= 15 is 0 Å². The smallest absolute Gasteiger partial charge is 0.179 e. The van der Waals surface area contributed by atoms with E-state index in [4.69, 9.17) is 0 Å². The predicted molar refractivity (Wildman–Crippen MR) is 82.1 cm³/mol. The van der Waals surface area contributed by atoms with Crippen LogP contribution in [-0.2, 0) is 19.4 Å². The lowest BCUT2D eigenvalue weighted by Crippen LogP contribution is -2.37. The van der Waals surface area contributed by atoms with Gasteiger partial charge in [0.1, 0.15) is 5.78 Å². The van der Waals surface area contributed by atoms with Crippen LogP contribution in [-0.4, -0.2) is 25.7 Å². The van der Waals surface area contributed by atoms with E-state index in [2.05, 4.69) is 0 Å². The van der Waals surface area contributed by atoms with Crippen molar-refractivity contribution in [3.8, 4) is 0 Å². The maximum Gasteiger partial charge on any atom is 0.179 e. The van der Waals surface area contributed by atoms with Crippen LogP contribution in [0.15, 0.2) is 35.2 Å². The molecular weight excluding hydrogens is 300 g/mol. The highest BCUT2D eigenvalue weighted by Crippen LogP contribution is 2.46. The maximum absolute atomic E-state index is 12.7. The number of carbonyl (C=O) groups excluding carboxylic acids is 2. The van der Waals surface area contributed by atoms with Gasteiger partial charge in [0.05, 0.1) is 16.1 Å². The summed E-state index contributed by atoms with van der Waals surface area (Å²) in [4.78, 5) is 25.3. The van der Waals surface area contributed by atoms with Gasteiger partial charge in [-0.2, -0.15) is 0 Å². The second-order valence-corrected chi connectivity index (χ2v) is 8.46. The molecule has 0 N–H and O–H groups in total. The van der Waals surface area contributed by atoms with Crippen LogP contribution in [0.5, 0.6) is 0 Å². The number of ketones is 2. The minimum absolute atomic E-state index is 0.0366. The SMILES string of the molecule is O=C1CC(CS(=O)(=O)c2ccccc2)C(=O)C12CCCCC2. The second-order valence-electron chi connectivity index (χ2n) is 6.43. The van der Waals surface area contributed by atoms with Gasteiger partial charge in [0.2, 0.25) is 0 Å². The third-order valence-electron chi connectivity index (χ3n) is 5.04. The predicted octanol–water partition coefficient (Wildman–Crippen LogP) is 2.57. The summed E-state index contributed by atoms with van der Waals surface area (Å²) < 4.78 is 24.9. The number of carbonyl (C=O) groups is 2. The summed E-state index contributed by atoms with van der Waals surface area (Å²) in [6, 6.07) is 8.15. The first-order chi connectivity index (χ1) is 10.5. The number of sulfone groups is 1. The Morgan fingerprint density at radius 3 is 2.27 bits per heavy atom. The number of hydrogen-bond acceptors (Lipinski definition) is 4. The summed E-state index contributed by atoms with van der Waals surface area (Å²) in [5.41, 5.74) is -0.866. The van der Waals surface area contributed by atoms with Crippen molar-refractivity contribution < 1.29 is 18.0 Å². The molecule has 5 heteroatoms. The lowest BCUT2D eigenvalue weighted by Gasteiger charge is -2.30. The van der Waals surface area contributed by atoms with Crippen LogP contribution >= 0.6 is 0 Å². The first-order valence-electron chi connectivity index (χ1n) is 7.81. The molecule has 1 aromatic carbocycles. The first kappa shape index (κ1) is 15.4. The Balaban J connectivity index is 1.82. The van der Waals surface area contributed by atoms with Crippen LogP contribution in [0.2, 0.25) is 0 Å². The Bertz CT molecular complexity index is 685. The van der Waals surface area contributed by atoms with Gasteiger partial charge in [-0.3, -0.25) is 9.59 Å². The fourth-order valence-electron chi connectivity index (χ4n) is 3.84. The van der Waals surface area contributed by atoms with E-state index in [1.165, 1.54) is 12.1 Å². The molecule has 2 fully saturated rings. The molecule has 2 aliphatic carbocycles. The third-order valence-corrected chi connectivity index (χ3v) is 6.87. The molecule has 22 heavy (non-hydrogen) atoms. The van der Waals surface area contributed by atoms with E-state index in [0.717, 1.165) is 19.3 Å². The molecule has 0 heterocycles. The summed E-state index contributed by atoms with van der Waals surface area (Å²) in [6.45, 7) is 0. The van der Waals surface area contributed by atoms with Crippen LogP contribution in [0.3, 0.4) is 0 Å². The van der Waals surface area contributed by atoms with Crippen molar-refractivity contribution in [1.82, 2.24) is 0 Å². The lowest BCUT2D eigenvalue weighted by atomic mass is 9.71. The Kier molecular flexibility index (Phi) is 3.93. The zero-order valence-electron chi connectivity index (χ0n) is 12.5. The standard InChI is InChI=1S/C17H20O4S/c18-15-11-13(16(19)17(15)9-5-2-6-10-17)12-22(20,21)14-7-3-1-4-8-14/h1,3-4,7-8,13H,2,5-6,9-12H2. The molecule has 3 rings (SSSR count). The van der Waals surface area contributed by atoms with Gasteiger partial charge in [-0.1, -0.05) is 37.5 Å². The fourth-order valence-corrected chi connectivity index (χ4v) is 5.41. The normalized spacial score (nSPS) is 24.8. The van der Waals surface area contributed by atoms with Gasteiger partial charge in [0.15, 0.2) is 15.6 Å². The molecule has 0 aliphatic heterocycles. The van der Waals surface area contributed by atoms with E-state index in [1.54, 1.807) is 18.2 Å². The fraction of sp³-hybridized carbons (Fsp3) is 0.529. The van der Waals surface area contributed by atoms with Crippen LogP contribution in [0.1, 0.15) is 38.5 Å². The number of rotatable bonds is 3. The lowest BCUT2D eigenvalue weighted by molar-refractivity contribution is -0.137. The van der Waals surface area contributed by atoms with E-state index in [1.807, 2.05) is 0 Å². The van der Waals surface area contributed by atoms with E-state index in [9.17, 15) is 18.0 Å². The topological polar surface area (TPSA) is 68.3 Å². The molecule has 0 bridgehead atoms. The van der Waals surface area contributed by atoms with Crippen molar-refractivity contribution in [2.24, 2.45) is 11.3 Å². The van der Waals surface area contributed by atoms with Crippen molar-refractivity contribution in [2.75, 3.05) is 5.75 Å². The molecule has 1 atom stereocenters. The molecule has 0 radical (unpaired) electrons. The highest BCUT2D eigenvalue weighted by molar-refractivity contribution is 7.91. The van der Waals surface area contributed by atoms with Crippen LogP contribution < -0.4 is 0 Å². The van der Waals surface area contributed by atoms with Gasteiger partial charge in [-0.25, -0.2) is 8.42 Å². The molecule has 4 nitrogen and oxygen atoms in total. The minimum atomic E-state index is -3.53.